The molecule has 0 aliphatic heterocycles. The van der Waals surface area contributed by atoms with Crippen LogP contribution in [0.1, 0.15) is 26.4 Å². The molecule has 2 rings (SSSR count). The molecule has 8 nitrogen and oxygen atoms in total. The smallest absolute Gasteiger partial charge is 0.267 e. The largest absolute Gasteiger partial charge is 0.290 e. The lowest BCUT2D eigenvalue weighted by Crippen LogP contribution is -2.42. The molecule has 1 aromatic heterocycles. The highest BCUT2D eigenvalue weighted by Gasteiger charge is 2.19. The zero-order valence-corrected chi connectivity index (χ0v) is 14.3. The summed E-state index contributed by atoms with van der Waals surface area (Å²) in [6.07, 6.45) is 1.90. The third-order valence-corrected chi connectivity index (χ3v) is 4.01. The first-order chi connectivity index (χ1) is 11.2. The van der Waals surface area contributed by atoms with Crippen LogP contribution >= 0.6 is 11.6 Å². The van der Waals surface area contributed by atoms with Gasteiger partial charge >= 0.3 is 0 Å². The van der Waals surface area contributed by atoms with E-state index in [0.29, 0.717) is 5.56 Å². The van der Waals surface area contributed by atoms with Crippen molar-refractivity contribution in [2.24, 2.45) is 0 Å². The lowest BCUT2D eigenvalue weighted by atomic mass is 10.1. The molecule has 1 heterocycles. The minimum atomic E-state index is -3.70. The van der Waals surface area contributed by atoms with E-state index in [1.165, 1.54) is 0 Å². The number of nitrogens with zero attached hydrogens (tertiary/aromatic N) is 2. The molecule has 0 fully saturated rings. The van der Waals surface area contributed by atoms with Crippen LogP contribution in [0.25, 0.3) is 0 Å². The van der Waals surface area contributed by atoms with E-state index in [0.717, 1.165) is 18.0 Å². The predicted molar refractivity (Wildman–Crippen MR) is 86.3 cm³/mol. The van der Waals surface area contributed by atoms with E-state index in [9.17, 15) is 18.0 Å². The first-order valence-electron chi connectivity index (χ1n) is 6.58. The summed E-state index contributed by atoms with van der Waals surface area (Å²) in [6.45, 7) is 1.87. The average molecular weight is 369 g/mol. The van der Waals surface area contributed by atoms with Gasteiger partial charge in [0.25, 0.3) is 11.8 Å². The fraction of sp³-hybridized carbons (Fsp3) is 0.143. The van der Waals surface area contributed by atoms with Gasteiger partial charge in [-0.3, -0.25) is 20.4 Å². The van der Waals surface area contributed by atoms with Crippen molar-refractivity contribution in [1.82, 2.24) is 20.8 Å². The maximum Gasteiger partial charge on any atom is 0.290 e. The molecule has 0 unspecified atom stereocenters. The molecule has 2 amide bonds. The highest BCUT2D eigenvalue weighted by atomic mass is 35.5. The first-order valence-corrected chi connectivity index (χ1v) is 8.85. The normalized spacial score (nSPS) is 11.0. The van der Waals surface area contributed by atoms with E-state index in [2.05, 4.69) is 20.8 Å². The maximum absolute atomic E-state index is 12.0. The Labute approximate surface area is 143 Å². The van der Waals surface area contributed by atoms with E-state index in [1.54, 1.807) is 24.3 Å². The topological polar surface area (TPSA) is 118 Å². The van der Waals surface area contributed by atoms with Crippen LogP contribution in [0.2, 0.25) is 5.02 Å². The monoisotopic (exact) mass is 368 g/mol. The fourth-order valence-electron chi connectivity index (χ4n) is 1.64. The van der Waals surface area contributed by atoms with Crippen molar-refractivity contribution in [2.75, 3.05) is 6.26 Å². The zero-order chi connectivity index (χ0) is 17.9. The Bertz CT molecular complexity index is 897. The number of sulfone groups is 1. The van der Waals surface area contributed by atoms with Crippen LogP contribution in [0.5, 0.6) is 0 Å². The van der Waals surface area contributed by atoms with E-state index >= 15 is 0 Å². The number of benzene rings is 1. The predicted octanol–water partition coefficient (Wildman–Crippen LogP) is 0.917. The SMILES string of the molecule is Cc1ccc(C(=O)NNC(=O)c2nc(S(C)(=O)=O)ncc2Cl)cc1. The molecule has 2 N–H and O–H groups in total. The van der Waals surface area contributed by atoms with Gasteiger partial charge in [0, 0.05) is 11.8 Å². The molecule has 0 atom stereocenters. The van der Waals surface area contributed by atoms with Crippen LogP contribution < -0.4 is 10.9 Å². The zero-order valence-electron chi connectivity index (χ0n) is 12.7. The summed E-state index contributed by atoms with van der Waals surface area (Å²) >= 11 is 5.80. The molecule has 1 aromatic carbocycles. The van der Waals surface area contributed by atoms with E-state index < -0.39 is 26.8 Å². The average Bonchev–Trinajstić information content (AvgIpc) is 2.52. The van der Waals surface area contributed by atoms with Crippen LogP contribution in [0.15, 0.2) is 35.6 Å². The van der Waals surface area contributed by atoms with Crippen LogP contribution in [0.4, 0.5) is 0 Å². The van der Waals surface area contributed by atoms with Gasteiger partial charge in [0.1, 0.15) is 0 Å². The van der Waals surface area contributed by atoms with Crippen LogP contribution in [0.3, 0.4) is 0 Å². The molecular weight excluding hydrogens is 356 g/mol. The second kappa shape index (κ2) is 6.93. The van der Waals surface area contributed by atoms with Crippen molar-refractivity contribution >= 4 is 33.3 Å². The number of aryl methyl sites for hydroxylation is 1. The summed E-state index contributed by atoms with van der Waals surface area (Å²) < 4.78 is 22.9. The molecule has 0 aliphatic carbocycles. The van der Waals surface area contributed by atoms with Gasteiger partial charge in [0.2, 0.25) is 15.0 Å². The van der Waals surface area contributed by atoms with Crippen molar-refractivity contribution < 1.29 is 18.0 Å². The number of nitrogens with one attached hydrogen (secondary N) is 2. The number of halogens is 1. The number of rotatable bonds is 3. The van der Waals surface area contributed by atoms with Crippen LogP contribution in [-0.4, -0.2) is 36.5 Å². The first kappa shape index (κ1) is 17.8. The molecule has 0 saturated heterocycles. The second-order valence-corrected chi connectivity index (χ2v) is 7.21. The molecule has 126 valence electrons. The molecule has 2 aromatic rings. The van der Waals surface area contributed by atoms with Gasteiger partial charge in [0.15, 0.2) is 5.69 Å². The van der Waals surface area contributed by atoms with Crippen LogP contribution in [-0.2, 0) is 9.84 Å². The molecule has 10 heteroatoms. The molecular formula is C14H13ClN4O4S. The van der Waals surface area contributed by atoms with E-state index in [1.807, 2.05) is 6.92 Å². The van der Waals surface area contributed by atoms with Gasteiger partial charge in [-0.25, -0.2) is 18.4 Å². The Hall–Kier alpha value is -2.52. The van der Waals surface area contributed by atoms with Crippen molar-refractivity contribution in [1.29, 1.82) is 0 Å². The van der Waals surface area contributed by atoms with Gasteiger partial charge < -0.3 is 0 Å². The summed E-state index contributed by atoms with van der Waals surface area (Å²) in [6, 6.07) is 6.68. The summed E-state index contributed by atoms with van der Waals surface area (Å²) in [4.78, 5) is 31.1. The highest BCUT2D eigenvalue weighted by Crippen LogP contribution is 2.14. The Balaban J connectivity index is 2.12. The van der Waals surface area contributed by atoms with Gasteiger partial charge in [-0.2, -0.15) is 0 Å². The third-order valence-electron chi connectivity index (χ3n) is 2.87. The Morgan fingerprint density at radius 3 is 2.25 bits per heavy atom. The Kier molecular flexibility index (Phi) is 5.15. The summed E-state index contributed by atoms with van der Waals surface area (Å²) in [5.41, 5.74) is 5.28. The quantitative estimate of drug-likeness (QED) is 0.614. The second-order valence-electron chi connectivity index (χ2n) is 4.90. The molecule has 0 radical (unpaired) electrons. The Morgan fingerprint density at radius 2 is 1.67 bits per heavy atom. The highest BCUT2D eigenvalue weighted by molar-refractivity contribution is 7.90. The number of hydrogen-bond acceptors (Lipinski definition) is 6. The van der Waals surface area contributed by atoms with E-state index in [-0.39, 0.29) is 10.7 Å². The third kappa shape index (κ3) is 4.27. The fourth-order valence-corrected chi connectivity index (χ4v) is 2.32. The van der Waals surface area contributed by atoms with Crippen LogP contribution in [0, 0.1) is 6.92 Å². The minimum absolute atomic E-state index is 0.149. The summed E-state index contributed by atoms with van der Waals surface area (Å²) in [5, 5.41) is -0.689. The van der Waals surface area contributed by atoms with Gasteiger partial charge in [0.05, 0.1) is 11.2 Å². The van der Waals surface area contributed by atoms with Crippen molar-refractivity contribution in [3.63, 3.8) is 0 Å². The van der Waals surface area contributed by atoms with Gasteiger partial charge in [-0.1, -0.05) is 29.3 Å². The molecule has 0 spiro atoms. The number of hydrazine groups is 1. The van der Waals surface area contributed by atoms with Crippen molar-refractivity contribution in [3.8, 4) is 0 Å². The van der Waals surface area contributed by atoms with E-state index in [4.69, 9.17) is 11.6 Å². The lowest BCUT2D eigenvalue weighted by molar-refractivity contribution is 0.0843. The molecule has 0 saturated carbocycles. The number of carbonyl (C=O) groups is 2. The summed E-state index contributed by atoms with van der Waals surface area (Å²) in [5.74, 6) is -1.41. The number of aromatic nitrogens is 2. The van der Waals surface area contributed by atoms with Crippen molar-refractivity contribution in [3.05, 3.63) is 52.3 Å². The summed E-state index contributed by atoms with van der Waals surface area (Å²) in [7, 11) is -3.70. The maximum atomic E-state index is 12.0. The molecule has 0 aliphatic rings. The minimum Gasteiger partial charge on any atom is -0.267 e. The lowest BCUT2D eigenvalue weighted by Gasteiger charge is -2.08. The number of hydrogen-bond donors (Lipinski definition) is 2. The molecule has 0 bridgehead atoms. The molecule has 24 heavy (non-hydrogen) atoms. The van der Waals surface area contributed by atoms with Crippen molar-refractivity contribution in [2.45, 2.75) is 12.1 Å². The number of carbonyl (C=O) groups excluding carboxylic acids is 2. The Morgan fingerprint density at radius 1 is 1.08 bits per heavy atom. The standard InChI is InChI=1S/C14H13ClN4O4S/c1-8-3-5-9(6-4-8)12(20)18-19-13(21)11-10(15)7-16-14(17-11)24(2,22)23/h3-7H,1-2H3,(H,18,20)(H,19,21). The van der Waals surface area contributed by atoms with Gasteiger partial charge in [-0.05, 0) is 19.1 Å². The number of amides is 2. The van der Waals surface area contributed by atoms with Gasteiger partial charge in [-0.15, -0.1) is 0 Å².